The molecule has 0 aliphatic carbocycles. The van der Waals surface area contributed by atoms with Gasteiger partial charge in [0, 0.05) is 56.7 Å². The van der Waals surface area contributed by atoms with Gasteiger partial charge in [-0.2, -0.15) is 0 Å². The van der Waals surface area contributed by atoms with Gasteiger partial charge in [0.15, 0.2) is 0 Å². The summed E-state index contributed by atoms with van der Waals surface area (Å²) in [4.78, 5) is 104. The van der Waals surface area contributed by atoms with Gasteiger partial charge in [0.05, 0.1) is 44.8 Å². The molecule has 3 N–H and O–H groups in total. The number of hydrogen-bond acceptors (Lipinski definition) is 12. The summed E-state index contributed by atoms with van der Waals surface area (Å²) in [6.45, 7) is 15.6. The van der Waals surface area contributed by atoms with Gasteiger partial charge in [0.25, 0.3) is 11.8 Å². The number of nitrogens with zero attached hydrogens (tertiary/aromatic N) is 6. The molecule has 2 unspecified atom stereocenters. The summed E-state index contributed by atoms with van der Waals surface area (Å²) in [6.07, 6.45) is -1.50. The molecule has 0 radical (unpaired) electrons. The average Bonchev–Trinajstić information content (AvgIpc) is 4.40. The minimum Gasteiger partial charge on any atom is -0.488 e. The smallest absolute Gasteiger partial charge is 0.255 e. The highest BCUT2D eigenvalue weighted by molar-refractivity contribution is 7.13. The van der Waals surface area contributed by atoms with Crippen molar-refractivity contribution in [3.8, 4) is 26.6 Å². The van der Waals surface area contributed by atoms with E-state index in [1.54, 1.807) is 70.6 Å². The van der Waals surface area contributed by atoms with E-state index in [1.165, 1.54) is 9.80 Å². The van der Waals surface area contributed by atoms with E-state index in [0.29, 0.717) is 22.4 Å². The minimum absolute atomic E-state index is 0.0263. The summed E-state index contributed by atoms with van der Waals surface area (Å²) in [7, 11) is 0. The molecule has 6 atom stereocenters. The highest BCUT2D eigenvalue weighted by Crippen LogP contribution is 2.39. The van der Waals surface area contributed by atoms with Gasteiger partial charge in [-0.15, -0.1) is 22.7 Å². The highest BCUT2D eigenvalue weighted by atomic mass is 32.1. The van der Waals surface area contributed by atoms with Crippen LogP contribution in [0.5, 0.6) is 5.75 Å². The molecule has 0 bridgehead atoms. The molecule has 2 fully saturated rings. The van der Waals surface area contributed by atoms with Crippen LogP contribution in [0, 0.1) is 25.7 Å². The van der Waals surface area contributed by atoms with E-state index in [2.05, 4.69) is 20.6 Å². The van der Waals surface area contributed by atoms with Crippen LogP contribution in [0.15, 0.2) is 102 Å². The van der Waals surface area contributed by atoms with E-state index in [0.717, 1.165) is 49.0 Å². The Morgan fingerprint density at radius 3 is 1.62 bits per heavy atom. The Hall–Kier alpha value is -7.28. The Kier molecular flexibility index (Phi) is 14.9. The lowest BCUT2D eigenvalue weighted by Crippen LogP contribution is -2.60. The normalized spacial score (nSPS) is 21.6. The van der Waals surface area contributed by atoms with Crippen LogP contribution in [0.25, 0.3) is 20.9 Å². The predicted octanol–water partition coefficient (Wildman–Crippen LogP) is 7.93. The van der Waals surface area contributed by atoms with E-state index in [9.17, 15) is 29.1 Å². The molecular formula is C60H66N8O8S2. The van der Waals surface area contributed by atoms with Gasteiger partial charge in [0.2, 0.25) is 23.6 Å². The summed E-state index contributed by atoms with van der Waals surface area (Å²) in [5.74, 6) is -2.52. The molecule has 4 aliphatic rings. The second kappa shape index (κ2) is 21.5. The summed E-state index contributed by atoms with van der Waals surface area (Å²) in [6, 6.07) is 26.5. The number of ether oxygens (including phenoxy) is 1. The Labute approximate surface area is 462 Å². The molecule has 2 aromatic heterocycles. The molecule has 4 aromatic carbocycles. The van der Waals surface area contributed by atoms with Gasteiger partial charge < -0.3 is 40.1 Å². The zero-order chi connectivity index (χ0) is 55.4. The number of thiazole rings is 2. The topological polar surface area (TPSA) is 195 Å². The molecule has 16 nitrogen and oxygen atoms in total. The van der Waals surface area contributed by atoms with Crippen LogP contribution in [0.4, 0.5) is 0 Å². The fraction of sp³-hybridized carbons (Fsp3) is 0.400. The first-order chi connectivity index (χ1) is 37.2. The lowest BCUT2D eigenvalue weighted by molar-refractivity contribution is -0.148. The zero-order valence-corrected chi connectivity index (χ0v) is 46.9. The molecule has 0 saturated carbocycles. The Morgan fingerprint density at radius 1 is 0.654 bits per heavy atom. The van der Waals surface area contributed by atoms with Crippen molar-refractivity contribution in [1.82, 2.24) is 40.2 Å². The zero-order valence-electron chi connectivity index (χ0n) is 45.2. The van der Waals surface area contributed by atoms with Gasteiger partial charge in [-0.3, -0.25) is 28.8 Å². The second-order valence-corrected chi connectivity index (χ2v) is 24.0. The molecule has 18 heteroatoms. The lowest BCUT2D eigenvalue weighted by Gasteiger charge is -2.39. The van der Waals surface area contributed by atoms with Crippen molar-refractivity contribution in [2.75, 3.05) is 13.1 Å². The van der Waals surface area contributed by atoms with Crippen molar-refractivity contribution in [3.05, 3.63) is 147 Å². The van der Waals surface area contributed by atoms with Gasteiger partial charge in [0.1, 0.15) is 35.0 Å². The maximum atomic E-state index is 15.2. The standard InChI is InChI=1S/C60H66N8O8S2/c1-34(2)49(55(72)67-30-44(69)24-59(67,7)57(74)61-26-38-13-17-40(18-14-38)51-36(5)63-32-77-51)66-29-43-21-22-45(23-48(43)54(66)71)76-46-25-60(8,58(75)62-27-39-15-19-41(20-16-39)52-37(6)64-33-78-52)68(31-46)56(73)50(35(3)4)65-28-42-11-9-10-12-47(42)53(65)70/h9-23,32-35,44,46,49-50,69H,24-31H2,1-8H3,(H,61,74)(H,62,75)/t44-,46-,49+,50+,59?,60?/m1/s1. The van der Waals surface area contributed by atoms with Crippen LogP contribution in [0.2, 0.25) is 0 Å². The molecule has 10 rings (SSSR count). The number of aromatic nitrogens is 2. The van der Waals surface area contributed by atoms with Crippen LogP contribution < -0.4 is 15.4 Å². The number of rotatable bonds is 16. The Morgan fingerprint density at radius 2 is 1.13 bits per heavy atom. The van der Waals surface area contributed by atoms with E-state index in [1.807, 2.05) is 119 Å². The van der Waals surface area contributed by atoms with Gasteiger partial charge in [-0.25, -0.2) is 9.97 Å². The molecule has 6 heterocycles. The number of aliphatic hydroxyl groups excluding tert-OH is 1. The summed E-state index contributed by atoms with van der Waals surface area (Å²) in [5, 5.41) is 17.1. The lowest BCUT2D eigenvalue weighted by atomic mass is 9.94. The quantitative estimate of drug-likeness (QED) is 0.0857. The van der Waals surface area contributed by atoms with Gasteiger partial charge >= 0.3 is 0 Å². The number of aliphatic hydroxyl groups is 1. The number of carbonyl (C=O) groups excluding carboxylic acids is 6. The van der Waals surface area contributed by atoms with Gasteiger partial charge in [-0.05, 0) is 91.1 Å². The largest absolute Gasteiger partial charge is 0.488 e. The predicted molar refractivity (Wildman–Crippen MR) is 298 cm³/mol. The van der Waals surface area contributed by atoms with Crippen LogP contribution in [-0.4, -0.2) is 119 Å². The third-order valence-electron chi connectivity index (χ3n) is 16.1. The van der Waals surface area contributed by atoms with E-state index < -0.39 is 47.2 Å². The van der Waals surface area contributed by atoms with E-state index in [4.69, 9.17) is 4.74 Å². The Balaban J connectivity index is 0.850. The molecule has 6 amide bonds. The minimum atomic E-state index is -1.40. The first kappa shape index (κ1) is 54.1. The van der Waals surface area contributed by atoms with Crippen molar-refractivity contribution >= 4 is 58.1 Å². The summed E-state index contributed by atoms with van der Waals surface area (Å²) >= 11 is 3.13. The summed E-state index contributed by atoms with van der Waals surface area (Å²) < 4.78 is 6.67. The number of benzene rings is 4. The van der Waals surface area contributed by atoms with Crippen molar-refractivity contribution in [1.29, 1.82) is 0 Å². The van der Waals surface area contributed by atoms with Crippen LogP contribution in [-0.2, 0) is 45.4 Å². The number of β-amino-alcohol motifs (C(OH)–C–C–N with tert-alkyl or cyclic N) is 1. The highest BCUT2D eigenvalue weighted by Gasteiger charge is 2.55. The average molecular weight is 1090 g/mol. The fourth-order valence-electron chi connectivity index (χ4n) is 11.9. The molecule has 6 aromatic rings. The molecule has 2 saturated heterocycles. The van der Waals surface area contributed by atoms with Crippen LogP contribution >= 0.6 is 22.7 Å². The molecule has 78 heavy (non-hydrogen) atoms. The SMILES string of the molecule is Cc1ncsc1-c1ccc(CNC(=O)C2(C)C[C@@H](O)CN2C(=O)[C@H](C(C)C)N2Cc3ccc(O[C@H]4CN(C(=O)[C@H](C(C)C)N5Cc6ccccc6C5=O)C(C)(C(=O)NCc5ccc(-c6scnc6C)cc5)C4)cc3C2=O)cc1. The molecule has 4 aliphatic heterocycles. The maximum Gasteiger partial charge on any atom is 0.255 e. The van der Waals surface area contributed by atoms with Gasteiger partial charge in [-0.1, -0.05) is 100 Å². The number of amides is 6. The maximum absolute atomic E-state index is 15.2. The fourth-order valence-corrected chi connectivity index (χ4v) is 13.5. The number of likely N-dealkylation sites (tertiary alicyclic amines) is 2. The molecule has 0 spiro atoms. The monoisotopic (exact) mass is 1090 g/mol. The van der Waals surface area contributed by atoms with Crippen LogP contribution in [0.1, 0.15) is 109 Å². The van der Waals surface area contributed by atoms with Crippen molar-refractivity contribution in [2.45, 2.75) is 130 Å². The first-order valence-corrected chi connectivity index (χ1v) is 28.4. The van der Waals surface area contributed by atoms with E-state index >= 15 is 4.79 Å². The second-order valence-electron chi connectivity index (χ2n) is 22.3. The number of hydrogen-bond donors (Lipinski definition) is 3. The number of nitrogens with one attached hydrogen (secondary N) is 2. The van der Waals surface area contributed by atoms with Crippen molar-refractivity contribution in [3.63, 3.8) is 0 Å². The summed E-state index contributed by atoms with van der Waals surface area (Å²) in [5.41, 5.74) is 8.94. The molecular weight excluding hydrogens is 1020 g/mol. The number of fused-ring (bicyclic) bond motifs is 2. The van der Waals surface area contributed by atoms with Crippen molar-refractivity contribution in [2.24, 2.45) is 11.8 Å². The number of aryl methyl sites for hydroxylation is 2. The molecule has 406 valence electrons. The number of carbonyl (C=O) groups is 6. The van der Waals surface area contributed by atoms with E-state index in [-0.39, 0.29) is 87.6 Å². The third-order valence-corrected chi connectivity index (χ3v) is 18.0. The Bertz CT molecular complexity index is 3300. The van der Waals surface area contributed by atoms with Crippen LogP contribution in [0.3, 0.4) is 0 Å². The van der Waals surface area contributed by atoms with Crippen molar-refractivity contribution < 1.29 is 38.6 Å². The third kappa shape index (κ3) is 10.1. The first-order valence-electron chi connectivity index (χ1n) is 26.6.